The van der Waals surface area contributed by atoms with Crippen LogP contribution in [0.1, 0.15) is 49.1 Å². The minimum Gasteiger partial charge on any atom is -0.392 e. The van der Waals surface area contributed by atoms with E-state index >= 15 is 0 Å². The van der Waals surface area contributed by atoms with Crippen molar-refractivity contribution in [2.24, 2.45) is 17.8 Å². The Kier molecular flexibility index (Phi) is 4.07. The van der Waals surface area contributed by atoms with Crippen LogP contribution in [0.15, 0.2) is 12.2 Å². The predicted octanol–water partition coefficient (Wildman–Crippen LogP) is 2.95. The molecule has 1 saturated carbocycles. The van der Waals surface area contributed by atoms with Gasteiger partial charge in [0.1, 0.15) is 5.78 Å². The van der Waals surface area contributed by atoms with Gasteiger partial charge < -0.3 is 5.11 Å². The molecule has 0 bridgehead atoms. The SMILES string of the molecule is [2H]C([2H])CC=CC[C@@H](C)C(O)[C@H]1C(=O)CCC1C. The van der Waals surface area contributed by atoms with Crippen molar-refractivity contribution in [3.8, 4) is 0 Å². The monoisotopic (exact) mass is 226 g/mol. The summed E-state index contributed by atoms with van der Waals surface area (Å²) in [5.41, 5.74) is 0. The van der Waals surface area contributed by atoms with Gasteiger partial charge in [-0.3, -0.25) is 4.79 Å². The van der Waals surface area contributed by atoms with Gasteiger partial charge >= 0.3 is 0 Å². The zero-order chi connectivity index (χ0) is 13.7. The topological polar surface area (TPSA) is 37.3 Å². The third kappa shape index (κ3) is 3.18. The van der Waals surface area contributed by atoms with E-state index in [9.17, 15) is 9.90 Å². The molecule has 2 unspecified atom stereocenters. The average Bonchev–Trinajstić information content (AvgIpc) is 2.63. The number of carbonyl (C=O) groups is 1. The third-order valence-electron chi connectivity index (χ3n) is 3.59. The van der Waals surface area contributed by atoms with Gasteiger partial charge in [0.25, 0.3) is 0 Å². The molecule has 0 spiro atoms. The first-order chi connectivity index (χ1) is 8.43. The second-order valence-electron chi connectivity index (χ2n) is 4.92. The second kappa shape index (κ2) is 6.19. The van der Waals surface area contributed by atoms with Gasteiger partial charge in [-0.2, -0.15) is 0 Å². The molecule has 0 saturated heterocycles. The molecule has 1 N–H and O–H groups in total. The third-order valence-corrected chi connectivity index (χ3v) is 3.59. The Morgan fingerprint density at radius 2 is 2.38 bits per heavy atom. The molecule has 1 fully saturated rings. The van der Waals surface area contributed by atoms with Crippen molar-refractivity contribution >= 4 is 5.78 Å². The number of allylic oxidation sites excluding steroid dienone is 2. The Bertz CT molecular complexity index is 302. The van der Waals surface area contributed by atoms with Gasteiger partial charge in [0.05, 0.1) is 6.10 Å². The summed E-state index contributed by atoms with van der Waals surface area (Å²) in [6, 6.07) is 0. The first kappa shape index (κ1) is 10.5. The molecule has 1 rings (SSSR count). The Morgan fingerprint density at radius 3 is 2.94 bits per heavy atom. The minimum atomic E-state index is -0.821. The van der Waals surface area contributed by atoms with Crippen LogP contribution in [0, 0.1) is 17.8 Å². The number of rotatable bonds is 5. The Balaban J connectivity index is 2.43. The lowest BCUT2D eigenvalue weighted by Gasteiger charge is -2.25. The highest BCUT2D eigenvalue weighted by atomic mass is 16.3. The van der Waals surface area contributed by atoms with Crippen LogP contribution in [0.2, 0.25) is 0 Å². The molecule has 0 aromatic rings. The number of hydrogen-bond acceptors (Lipinski definition) is 2. The van der Waals surface area contributed by atoms with E-state index in [0.29, 0.717) is 19.3 Å². The summed E-state index contributed by atoms with van der Waals surface area (Å²) in [5.74, 6) is 0.326. The van der Waals surface area contributed by atoms with Crippen molar-refractivity contribution in [3.05, 3.63) is 12.2 Å². The fourth-order valence-electron chi connectivity index (χ4n) is 2.46. The van der Waals surface area contributed by atoms with Gasteiger partial charge in [-0.05, 0) is 31.1 Å². The maximum atomic E-state index is 11.7. The summed E-state index contributed by atoms with van der Waals surface area (Å²) in [6.07, 6.45) is 5.77. The number of Topliss-reactive ketones (excluding diaryl/α,β-unsaturated/α-hetero) is 1. The van der Waals surface area contributed by atoms with Crippen molar-refractivity contribution in [2.75, 3.05) is 0 Å². The van der Waals surface area contributed by atoms with Crippen molar-refractivity contribution in [1.29, 1.82) is 0 Å². The smallest absolute Gasteiger partial charge is 0.138 e. The number of carbonyl (C=O) groups excluding carboxylic acids is 1. The highest BCUT2D eigenvalue weighted by Gasteiger charge is 2.38. The Labute approximate surface area is 102 Å². The van der Waals surface area contributed by atoms with Crippen molar-refractivity contribution in [3.63, 3.8) is 0 Å². The molecule has 0 radical (unpaired) electrons. The molecule has 1 aliphatic rings. The molecular weight excluding hydrogens is 200 g/mol. The van der Waals surface area contributed by atoms with E-state index in [1.165, 1.54) is 0 Å². The van der Waals surface area contributed by atoms with E-state index in [0.717, 1.165) is 6.42 Å². The molecule has 92 valence electrons. The summed E-state index contributed by atoms with van der Waals surface area (Å²) < 4.78 is 14.1. The lowest BCUT2D eigenvalue weighted by molar-refractivity contribution is -0.125. The van der Waals surface area contributed by atoms with Gasteiger partial charge in [0, 0.05) is 15.1 Å². The number of aliphatic hydroxyl groups is 1. The molecule has 1 aliphatic carbocycles. The number of ketones is 1. The van der Waals surface area contributed by atoms with Crippen molar-refractivity contribution < 1.29 is 12.6 Å². The van der Waals surface area contributed by atoms with Gasteiger partial charge in [0.15, 0.2) is 0 Å². The molecule has 4 atom stereocenters. The fourth-order valence-corrected chi connectivity index (χ4v) is 2.46. The van der Waals surface area contributed by atoms with E-state index in [4.69, 9.17) is 2.74 Å². The second-order valence-corrected chi connectivity index (χ2v) is 4.92. The lowest BCUT2D eigenvalue weighted by Crippen LogP contribution is -2.33. The quantitative estimate of drug-likeness (QED) is 0.732. The summed E-state index contributed by atoms with van der Waals surface area (Å²) in [7, 11) is 0. The van der Waals surface area contributed by atoms with E-state index in [2.05, 4.69) is 0 Å². The molecular formula is C14H24O2. The zero-order valence-electron chi connectivity index (χ0n) is 12.2. The lowest BCUT2D eigenvalue weighted by atomic mass is 9.83. The Hall–Kier alpha value is -0.630. The summed E-state index contributed by atoms with van der Waals surface area (Å²) in [4.78, 5) is 11.7. The van der Waals surface area contributed by atoms with Gasteiger partial charge in [-0.1, -0.05) is 32.9 Å². The summed E-state index contributed by atoms with van der Waals surface area (Å²) in [6.45, 7) is 3.16. The van der Waals surface area contributed by atoms with Gasteiger partial charge in [0.2, 0.25) is 0 Å². The average molecular weight is 226 g/mol. The Morgan fingerprint density at radius 1 is 1.62 bits per heavy atom. The van der Waals surface area contributed by atoms with E-state index in [1.807, 2.05) is 26.0 Å². The van der Waals surface area contributed by atoms with E-state index in [-0.39, 0.29) is 23.5 Å². The molecule has 0 aromatic heterocycles. The minimum absolute atomic E-state index is 0.0469. The number of aliphatic hydroxyl groups excluding tert-OH is 1. The van der Waals surface area contributed by atoms with Crippen LogP contribution >= 0.6 is 0 Å². The van der Waals surface area contributed by atoms with Crippen LogP contribution in [0.4, 0.5) is 0 Å². The molecule has 0 heterocycles. The first-order valence-electron chi connectivity index (χ1n) is 7.29. The normalized spacial score (nSPS) is 31.9. The molecule has 0 amide bonds. The molecule has 0 aliphatic heterocycles. The molecule has 2 nitrogen and oxygen atoms in total. The van der Waals surface area contributed by atoms with Gasteiger partial charge in [-0.25, -0.2) is 0 Å². The van der Waals surface area contributed by atoms with Crippen LogP contribution in [0.5, 0.6) is 0 Å². The number of hydrogen-bond donors (Lipinski definition) is 1. The van der Waals surface area contributed by atoms with Crippen LogP contribution < -0.4 is 0 Å². The zero-order valence-corrected chi connectivity index (χ0v) is 10.2. The first-order valence-corrected chi connectivity index (χ1v) is 6.13. The van der Waals surface area contributed by atoms with E-state index < -0.39 is 13.0 Å². The highest BCUT2D eigenvalue weighted by molar-refractivity contribution is 5.83. The maximum absolute atomic E-state index is 11.7. The van der Waals surface area contributed by atoms with Crippen molar-refractivity contribution in [1.82, 2.24) is 0 Å². The van der Waals surface area contributed by atoms with Crippen LogP contribution in [0.25, 0.3) is 0 Å². The molecule has 2 heteroatoms. The van der Waals surface area contributed by atoms with Crippen molar-refractivity contribution in [2.45, 2.75) is 52.5 Å². The predicted molar refractivity (Wildman–Crippen MR) is 66.1 cm³/mol. The summed E-state index contributed by atoms with van der Waals surface area (Å²) in [5, 5.41) is 10.2. The highest BCUT2D eigenvalue weighted by Crippen LogP contribution is 2.34. The van der Waals surface area contributed by atoms with Crippen LogP contribution in [0.3, 0.4) is 0 Å². The summed E-state index contributed by atoms with van der Waals surface area (Å²) >= 11 is 0. The van der Waals surface area contributed by atoms with Crippen LogP contribution in [-0.4, -0.2) is 17.0 Å². The van der Waals surface area contributed by atoms with Crippen LogP contribution in [-0.2, 0) is 4.79 Å². The standard InChI is InChI=1S/C14H24O2/c1-4-5-6-7-11(3)14(16)13-10(2)8-9-12(13)15/h5-6,10-11,13-14,16H,4,7-9H2,1-3H3/t10?,11-,13-,14?/m1/s1/i1D2. The van der Waals surface area contributed by atoms with Gasteiger partial charge in [-0.15, -0.1) is 0 Å². The molecule has 16 heavy (non-hydrogen) atoms. The van der Waals surface area contributed by atoms with E-state index in [1.54, 1.807) is 0 Å². The largest absolute Gasteiger partial charge is 0.392 e. The maximum Gasteiger partial charge on any atom is 0.138 e. The fraction of sp³-hybridized carbons (Fsp3) is 0.786. The molecule has 0 aromatic carbocycles.